The molecule has 2 aromatic rings. The van der Waals surface area contributed by atoms with Crippen molar-refractivity contribution >= 4 is 17.5 Å². The van der Waals surface area contributed by atoms with Crippen LogP contribution in [-0.2, 0) is 0 Å². The maximum atomic E-state index is 13.1. The van der Waals surface area contributed by atoms with E-state index in [1.165, 1.54) is 0 Å². The monoisotopic (exact) mass is 382 g/mol. The molecule has 0 aliphatic carbocycles. The number of ether oxygens (including phenoxy) is 1. The minimum absolute atomic E-state index is 0.0204. The van der Waals surface area contributed by atoms with Crippen LogP contribution in [0.2, 0.25) is 5.02 Å². The molecule has 1 aromatic heterocycles. The minimum atomic E-state index is -0.0204. The summed E-state index contributed by atoms with van der Waals surface area (Å²) in [4.78, 5) is 20.7. The van der Waals surface area contributed by atoms with Crippen molar-refractivity contribution in [1.29, 1.82) is 5.26 Å². The molecule has 27 heavy (non-hydrogen) atoms. The molecule has 1 aromatic carbocycles. The zero-order valence-corrected chi connectivity index (χ0v) is 15.7. The van der Waals surface area contributed by atoms with Gasteiger partial charge in [0.1, 0.15) is 5.75 Å². The highest BCUT2D eigenvalue weighted by Crippen LogP contribution is 2.36. The predicted molar refractivity (Wildman–Crippen MR) is 101 cm³/mol. The van der Waals surface area contributed by atoms with E-state index in [-0.39, 0.29) is 11.9 Å². The van der Waals surface area contributed by atoms with E-state index in [0.717, 1.165) is 30.6 Å². The Morgan fingerprint density at radius 1 is 1.33 bits per heavy atom. The first-order chi connectivity index (χ1) is 13.1. The van der Waals surface area contributed by atoms with E-state index in [9.17, 15) is 4.79 Å². The standard InChI is InChI=1S/C20H19ClN4O2/c1-27-19-8-13(2-3-16(19)15-4-6-23-9-17(15)21)20(26)25-7-5-14-10-24(12-22)11-18(14)25/h2-4,6,8-9,14,18H,5,7,10-11H2,1H3. The summed E-state index contributed by atoms with van der Waals surface area (Å²) in [5, 5.41) is 9.66. The average molecular weight is 383 g/mol. The number of carbonyl (C=O) groups is 1. The number of aromatic nitrogens is 1. The average Bonchev–Trinajstić information content (AvgIpc) is 3.27. The van der Waals surface area contributed by atoms with Crippen LogP contribution in [0.1, 0.15) is 16.8 Å². The summed E-state index contributed by atoms with van der Waals surface area (Å²) in [7, 11) is 1.58. The molecule has 0 saturated carbocycles. The van der Waals surface area contributed by atoms with E-state index in [2.05, 4.69) is 11.2 Å². The number of nitrogens with zero attached hydrogens (tertiary/aromatic N) is 4. The Hall–Kier alpha value is -2.78. The maximum absolute atomic E-state index is 13.1. The van der Waals surface area contributed by atoms with Gasteiger partial charge in [0, 0.05) is 54.6 Å². The number of methoxy groups -OCH3 is 1. The molecule has 6 nitrogen and oxygen atoms in total. The summed E-state index contributed by atoms with van der Waals surface area (Å²) in [5.74, 6) is 0.952. The number of rotatable bonds is 3. The smallest absolute Gasteiger partial charge is 0.254 e. The molecule has 4 rings (SSSR count). The Kier molecular flexibility index (Phi) is 4.63. The Morgan fingerprint density at radius 3 is 2.93 bits per heavy atom. The number of benzene rings is 1. The highest BCUT2D eigenvalue weighted by atomic mass is 35.5. The van der Waals surface area contributed by atoms with Gasteiger partial charge in [-0.05, 0) is 30.7 Å². The second kappa shape index (κ2) is 7.09. The highest BCUT2D eigenvalue weighted by Gasteiger charge is 2.43. The molecular formula is C20H19ClN4O2. The Labute approximate surface area is 162 Å². The topological polar surface area (TPSA) is 69.5 Å². The van der Waals surface area contributed by atoms with Gasteiger partial charge >= 0.3 is 0 Å². The second-order valence-electron chi connectivity index (χ2n) is 6.89. The number of hydrogen-bond acceptors (Lipinski definition) is 5. The molecule has 2 aliphatic rings. The lowest BCUT2D eigenvalue weighted by Gasteiger charge is -2.24. The zero-order valence-electron chi connectivity index (χ0n) is 14.9. The van der Waals surface area contributed by atoms with Crippen molar-refractivity contribution in [2.24, 2.45) is 5.92 Å². The van der Waals surface area contributed by atoms with Gasteiger partial charge in [-0.1, -0.05) is 11.6 Å². The quantitative estimate of drug-likeness (QED) is 0.763. The van der Waals surface area contributed by atoms with Crippen LogP contribution in [0, 0.1) is 17.4 Å². The second-order valence-corrected chi connectivity index (χ2v) is 7.30. The summed E-state index contributed by atoms with van der Waals surface area (Å²) in [6.45, 7) is 2.09. The van der Waals surface area contributed by atoms with Gasteiger partial charge in [0.05, 0.1) is 18.2 Å². The fourth-order valence-corrected chi connectivity index (χ4v) is 4.32. The van der Waals surface area contributed by atoms with Crippen LogP contribution in [0.5, 0.6) is 5.75 Å². The lowest BCUT2D eigenvalue weighted by molar-refractivity contribution is 0.0731. The molecule has 0 radical (unpaired) electrons. The minimum Gasteiger partial charge on any atom is -0.496 e. The van der Waals surface area contributed by atoms with Gasteiger partial charge in [0.25, 0.3) is 5.91 Å². The fraction of sp³-hybridized carbons (Fsp3) is 0.350. The Morgan fingerprint density at radius 2 is 2.19 bits per heavy atom. The third-order valence-corrected chi connectivity index (χ3v) is 5.76. The molecule has 0 bridgehead atoms. The van der Waals surface area contributed by atoms with Crippen LogP contribution in [0.4, 0.5) is 0 Å². The lowest BCUT2D eigenvalue weighted by atomic mass is 10.0. The van der Waals surface area contributed by atoms with Gasteiger partial charge < -0.3 is 14.5 Å². The third kappa shape index (κ3) is 3.08. The van der Waals surface area contributed by atoms with Crippen LogP contribution in [0.3, 0.4) is 0 Å². The number of carbonyl (C=O) groups excluding carboxylic acids is 1. The first-order valence-corrected chi connectivity index (χ1v) is 9.23. The van der Waals surface area contributed by atoms with E-state index in [1.54, 1.807) is 36.5 Å². The third-order valence-electron chi connectivity index (χ3n) is 5.46. The molecule has 2 saturated heterocycles. The number of hydrogen-bond donors (Lipinski definition) is 0. The van der Waals surface area contributed by atoms with Crippen molar-refractivity contribution in [2.45, 2.75) is 12.5 Å². The zero-order chi connectivity index (χ0) is 19.0. The summed E-state index contributed by atoms with van der Waals surface area (Å²) in [5.41, 5.74) is 2.21. The molecule has 2 aliphatic heterocycles. The molecule has 2 fully saturated rings. The highest BCUT2D eigenvalue weighted by molar-refractivity contribution is 6.33. The van der Waals surface area contributed by atoms with Crippen molar-refractivity contribution in [3.8, 4) is 23.1 Å². The van der Waals surface area contributed by atoms with Crippen molar-refractivity contribution in [3.63, 3.8) is 0 Å². The molecule has 0 N–H and O–H groups in total. The molecule has 1 amide bonds. The predicted octanol–water partition coefficient (Wildman–Crippen LogP) is 3.04. The summed E-state index contributed by atoms with van der Waals surface area (Å²) < 4.78 is 5.53. The molecule has 2 unspecified atom stereocenters. The number of amides is 1. The van der Waals surface area contributed by atoms with E-state index >= 15 is 0 Å². The number of fused-ring (bicyclic) bond motifs is 1. The first kappa shape index (κ1) is 17.6. The van der Waals surface area contributed by atoms with Crippen LogP contribution < -0.4 is 4.74 Å². The Balaban J connectivity index is 1.62. The van der Waals surface area contributed by atoms with Gasteiger partial charge in [0.2, 0.25) is 0 Å². The SMILES string of the molecule is COc1cc(C(=O)N2CCC3CN(C#N)CC32)ccc1-c1ccncc1Cl. The first-order valence-electron chi connectivity index (χ1n) is 8.86. The Bertz CT molecular complexity index is 926. The number of pyridine rings is 1. The van der Waals surface area contributed by atoms with Crippen LogP contribution in [0.15, 0.2) is 36.7 Å². The number of nitriles is 1. The van der Waals surface area contributed by atoms with Crippen molar-refractivity contribution < 1.29 is 9.53 Å². The van der Waals surface area contributed by atoms with Gasteiger partial charge in [0.15, 0.2) is 6.19 Å². The van der Waals surface area contributed by atoms with Crippen molar-refractivity contribution in [2.75, 3.05) is 26.7 Å². The molecule has 7 heteroatoms. The molecular weight excluding hydrogens is 364 g/mol. The van der Waals surface area contributed by atoms with E-state index in [0.29, 0.717) is 28.8 Å². The molecule has 0 spiro atoms. The molecule has 2 atom stereocenters. The lowest BCUT2D eigenvalue weighted by Crippen LogP contribution is -2.39. The van der Waals surface area contributed by atoms with Gasteiger partial charge in [-0.25, -0.2) is 0 Å². The molecule has 138 valence electrons. The van der Waals surface area contributed by atoms with E-state index in [1.807, 2.05) is 17.0 Å². The summed E-state index contributed by atoms with van der Waals surface area (Å²) >= 11 is 6.26. The number of halogens is 1. The summed E-state index contributed by atoms with van der Waals surface area (Å²) in [6.07, 6.45) is 6.40. The fourth-order valence-electron chi connectivity index (χ4n) is 4.10. The van der Waals surface area contributed by atoms with Crippen molar-refractivity contribution in [1.82, 2.24) is 14.8 Å². The van der Waals surface area contributed by atoms with Gasteiger partial charge in [-0.2, -0.15) is 5.26 Å². The van der Waals surface area contributed by atoms with Crippen LogP contribution in [0.25, 0.3) is 11.1 Å². The maximum Gasteiger partial charge on any atom is 0.254 e. The van der Waals surface area contributed by atoms with Crippen LogP contribution >= 0.6 is 11.6 Å². The van der Waals surface area contributed by atoms with Crippen molar-refractivity contribution in [3.05, 3.63) is 47.2 Å². The largest absolute Gasteiger partial charge is 0.496 e. The van der Waals surface area contributed by atoms with E-state index < -0.39 is 0 Å². The van der Waals surface area contributed by atoms with Crippen LogP contribution in [-0.4, -0.2) is 53.5 Å². The van der Waals surface area contributed by atoms with Gasteiger partial charge in [-0.3, -0.25) is 9.78 Å². The van der Waals surface area contributed by atoms with Gasteiger partial charge in [-0.15, -0.1) is 0 Å². The summed E-state index contributed by atoms with van der Waals surface area (Å²) in [6, 6.07) is 7.36. The molecule has 3 heterocycles. The van der Waals surface area contributed by atoms with E-state index in [4.69, 9.17) is 21.6 Å². The normalized spacial score (nSPS) is 21.1. The number of likely N-dealkylation sites (tertiary alicyclic amines) is 2.